The zero-order valence-electron chi connectivity index (χ0n) is 15.0. The molecule has 0 aliphatic carbocycles. The van der Waals surface area contributed by atoms with Gasteiger partial charge in [0.1, 0.15) is 23.2 Å². The molecule has 1 aromatic heterocycles. The Labute approximate surface area is 173 Å². The summed E-state index contributed by atoms with van der Waals surface area (Å²) in [6.45, 7) is 2.00. The lowest BCUT2D eigenvalue weighted by Gasteiger charge is -2.08. The van der Waals surface area contributed by atoms with E-state index in [1.807, 2.05) is 31.2 Å². The summed E-state index contributed by atoms with van der Waals surface area (Å²) < 4.78 is 5.73. The Hall–Kier alpha value is -3.00. The minimum absolute atomic E-state index is 0.0722. The van der Waals surface area contributed by atoms with Gasteiger partial charge >= 0.3 is 0 Å². The van der Waals surface area contributed by atoms with Gasteiger partial charge in [0.2, 0.25) is 0 Å². The second kappa shape index (κ2) is 8.79. The Morgan fingerprint density at radius 1 is 1.11 bits per heavy atom. The van der Waals surface area contributed by atoms with Gasteiger partial charge in [-0.15, -0.1) is 0 Å². The van der Waals surface area contributed by atoms with Gasteiger partial charge in [-0.1, -0.05) is 54.4 Å². The van der Waals surface area contributed by atoms with E-state index in [0.717, 1.165) is 12.0 Å². The maximum atomic E-state index is 12.5. The fourth-order valence-corrected chi connectivity index (χ4v) is 3.31. The summed E-state index contributed by atoms with van der Waals surface area (Å²) in [6, 6.07) is 17.9. The largest absolute Gasteiger partial charge is 0.457 e. The molecule has 3 rings (SSSR count). The third-order valence-electron chi connectivity index (χ3n) is 4.13. The summed E-state index contributed by atoms with van der Waals surface area (Å²) >= 11 is 12.4. The number of nitrogens with one attached hydrogen (secondary N) is 1. The second-order valence-electron chi connectivity index (χ2n) is 5.93. The maximum Gasteiger partial charge on any atom is 0.266 e. The minimum Gasteiger partial charge on any atom is -0.457 e. The van der Waals surface area contributed by atoms with Crippen LogP contribution in [0.2, 0.25) is 10.0 Å². The molecule has 0 aliphatic heterocycles. The van der Waals surface area contributed by atoms with Gasteiger partial charge in [-0.05, 0) is 42.3 Å². The molecule has 0 bridgehead atoms. The molecule has 1 heterocycles. The Morgan fingerprint density at radius 2 is 1.82 bits per heavy atom. The van der Waals surface area contributed by atoms with E-state index in [1.54, 1.807) is 36.4 Å². The number of amides is 1. The summed E-state index contributed by atoms with van der Waals surface area (Å²) in [5, 5.41) is 13.1. The highest BCUT2D eigenvalue weighted by Gasteiger charge is 2.15. The zero-order valence-corrected chi connectivity index (χ0v) is 16.5. The van der Waals surface area contributed by atoms with Gasteiger partial charge in [0.25, 0.3) is 5.91 Å². The molecule has 0 spiro atoms. The maximum absolute atomic E-state index is 12.5. The summed E-state index contributed by atoms with van der Waals surface area (Å²) in [7, 11) is 0. The predicted octanol–water partition coefficient (Wildman–Crippen LogP) is 6.36. The lowest BCUT2D eigenvalue weighted by atomic mass is 10.1. The quantitative estimate of drug-likeness (QED) is 0.392. The van der Waals surface area contributed by atoms with Crippen LogP contribution in [0.5, 0.6) is 0 Å². The van der Waals surface area contributed by atoms with Crippen LogP contribution in [0.15, 0.2) is 64.6 Å². The molecular formula is C22H16Cl2N2O2. The van der Waals surface area contributed by atoms with Gasteiger partial charge in [-0.2, -0.15) is 5.26 Å². The minimum atomic E-state index is -0.503. The first kappa shape index (κ1) is 19.8. The molecule has 0 radical (unpaired) electrons. The van der Waals surface area contributed by atoms with Crippen LogP contribution < -0.4 is 5.32 Å². The standard InChI is InChI=1S/C22H16Cl2N2O2/c1-2-14-6-3-4-9-19(14)26-22(27)15(13-25)12-16-10-11-20(28-16)21-17(23)7-5-8-18(21)24/h3-12H,2H2,1H3,(H,26,27)/b15-12+. The first-order chi connectivity index (χ1) is 13.5. The van der Waals surface area contributed by atoms with E-state index in [9.17, 15) is 10.1 Å². The van der Waals surface area contributed by atoms with Crippen LogP contribution in [0.3, 0.4) is 0 Å². The zero-order chi connectivity index (χ0) is 20.1. The third kappa shape index (κ3) is 4.28. The summed E-state index contributed by atoms with van der Waals surface area (Å²) in [5.41, 5.74) is 2.16. The van der Waals surface area contributed by atoms with Crippen LogP contribution in [0.1, 0.15) is 18.2 Å². The van der Waals surface area contributed by atoms with Crippen LogP contribution >= 0.6 is 23.2 Å². The van der Waals surface area contributed by atoms with Crippen molar-refractivity contribution < 1.29 is 9.21 Å². The van der Waals surface area contributed by atoms with Crippen LogP contribution in [0, 0.1) is 11.3 Å². The number of furan rings is 1. The van der Waals surface area contributed by atoms with Crippen molar-refractivity contribution in [3.63, 3.8) is 0 Å². The number of benzene rings is 2. The van der Waals surface area contributed by atoms with Crippen molar-refractivity contribution in [3.05, 3.63) is 81.5 Å². The monoisotopic (exact) mass is 410 g/mol. The van der Waals surface area contributed by atoms with Crippen molar-refractivity contribution in [2.45, 2.75) is 13.3 Å². The van der Waals surface area contributed by atoms with Crippen molar-refractivity contribution in [3.8, 4) is 17.4 Å². The molecule has 28 heavy (non-hydrogen) atoms. The number of aryl methyl sites for hydroxylation is 1. The molecule has 0 saturated heterocycles. The normalized spacial score (nSPS) is 11.1. The van der Waals surface area contributed by atoms with Crippen LogP contribution in [0.25, 0.3) is 17.4 Å². The lowest BCUT2D eigenvalue weighted by Crippen LogP contribution is -2.14. The molecule has 3 aromatic rings. The highest BCUT2D eigenvalue weighted by atomic mass is 35.5. The molecule has 4 nitrogen and oxygen atoms in total. The van der Waals surface area contributed by atoms with E-state index in [2.05, 4.69) is 5.32 Å². The van der Waals surface area contributed by atoms with Crippen molar-refractivity contribution in [2.75, 3.05) is 5.32 Å². The molecule has 0 unspecified atom stereocenters. The van der Waals surface area contributed by atoms with Crippen LogP contribution in [-0.2, 0) is 11.2 Å². The van der Waals surface area contributed by atoms with Crippen LogP contribution in [0.4, 0.5) is 5.69 Å². The number of hydrogen-bond donors (Lipinski definition) is 1. The fourth-order valence-electron chi connectivity index (χ4n) is 2.73. The van der Waals surface area contributed by atoms with Crippen molar-refractivity contribution >= 4 is 40.9 Å². The van der Waals surface area contributed by atoms with E-state index in [-0.39, 0.29) is 5.57 Å². The van der Waals surface area contributed by atoms with Crippen molar-refractivity contribution in [2.24, 2.45) is 0 Å². The number of anilines is 1. The molecule has 1 amide bonds. The molecule has 1 N–H and O–H groups in total. The summed E-state index contributed by atoms with van der Waals surface area (Å²) in [5.74, 6) is 0.300. The Balaban J connectivity index is 1.87. The van der Waals surface area contributed by atoms with E-state index >= 15 is 0 Å². The van der Waals surface area contributed by atoms with Crippen molar-refractivity contribution in [1.29, 1.82) is 5.26 Å². The highest BCUT2D eigenvalue weighted by Crippen LogP contribution is 2.35. The first-order valence-corrected chi connectivity index (χ1v) is 9.34. The smallest absolute Gasteiger partial charge is 0.266 e. The predicted molar refractivity (Wildman–Crippen MR) is 112 cm³/mol. The molecule has 140 valence electrons. The highest BCUT2D eigenvalue weighted by molar-refractivity contribution is 6.39. The Kier molecular flexibility index (Phi) is 6.20. The average Bonchev–Trinajstić information content (AvgIpc) is 3.14. The molecule has 0 fully saturated rings. The fraction of sp³-hybridized carbons (Fsp3) is 0.0909. The number of halogens is 2. The van der Waals surface area contributed by atoms with Gasteiger partial charge in [0.05, 0.1) is 15.6 Å². The number of rotatable bonds is 5. The third-order valence-corrected chi connectivity index (χ3v) is 4.76. The van der Waals surface area contributed by atoms with E-state index < -0.39 is 5.91 Å². The molecule has 0 aliphatic rings. The lowest BCUT2D eigenvalue weighted by molar-refractivity contribution is -0.112. The number of carbonyl (C=O) groups is 1. The number of nitrogens with zero attached hydrogens (tertiary/aromatic N) is 1. The van der Waals surface area contributed by atoms with E-state index in [0.29, 0.717) is 32.8 Å². The van der Waals surface area contributed by atoms with Crippen LogP contribution in [-0.4, -0.2) is 5.91 Å². The first-order valence-electron chi connectivity index (χ1n) is 8.58. The number of carbonyl (C=O) groups excluding carboxylic acids is 1. The molecule has 6 heteroatoms. The van der Waals surface area contributed by atoms with Gasteiger partial charge in [-0.3, -0.25) is 4.79 Å². The van der Waals surface area contributed by atoms with E-state index in [1.165, 1.54) is 6.08 Å². The number of hydrogen-bond acceptors (Lipinski definition) is 3. The topological polar surface area (TPSA) is 66.0 Å². The van der Waals surface area contributed by atoms with Gasteiger partial charge in [0.15, 0.2) is 0 Å². The van der Waals surface area contributed by atoms with Gasteiger partial charge in [0, 0.05) is 11.8 Å². The molecule has 2 aromatic carbocycles. The van der Waals surface area contributed by atoms with Crippen molar-refractivity contribution in [1.82, 2.24) is 0 Å². The van der Waals surface area contributed by atoms with Gasteiger partial charge in [-0.25, -0.2) is 0 Å². The Morgan fingerprint density at radius 3 is 2.50 bits per heavy atom. The number of para-hydroxylation sites is 1. The molecule has 0 atom stereocenters. The molecular weight excluding hydrogens is 395 g/mol. The average molecular weight is 411 g/mol. The Bertz CT molecular complexity index is 1070. The summed E-state index contributed by atoms with van der Waals surface area (Å²) in [6.07, 6.45) is 2.15. The summed E-state index contributed by atoms with van der Waals surface area (Å²) in [4.78, 5) is 12.5. The number of nitriles is 1. The van der Waals surface area contributed by atoms with Gasteiger partial charge < -0.3 is 9.73 Å². The molecule has 0 saturated carbocycles. The second-order valence-corrected chi connectivity index (χ2v) is 6.75. The van der Waals surface area contributed by atoms with E-state index in [4.69, 9.17) is 27.6 Å². The SMILES string of the molecule is CCc1ccccc1NC(=O)/C(C#N)=C/c1ccc(-c2c(Cl)cccc2Cl)o1.